The number of nitrogens with two attached hydrogens (primary N) is 1. The molecule has 5 nitrogen and oxygen atoms in total. The van der Waals surface area contributed by atoms with Gasteiger partial charge in [-0.05, 0) is 17.7 Å². The van der Waals surface area contributed by atoms with Crippen LogP contribution in [0.25, 0.3) is 0 Å². The summed E-state index contributed by atoms with van der Waals surface area (Å²) in [6, 6.07) is 14.1. The SMILES string of the molecule is Nc1cccc(OCc2ccccc2)c1[N+](=O)[O-]. The molecular formula is C13H12N2O3. The van der Waals surface area contributed by atoms with Gasteiger partial charge in [-0.25, -0.2) is 0 Å². The van der Waals surface area contributed by atoms with Crippen molar-refractivity contribution in [1.82, 2.24) is 0 Å². The lowest BCUT2D eigenvalue weighted by atomic mass is 10.2. The maximum atomic E-state index is 10.9. The Bertz CT molecular complexity index is 555. The highest BCUT2D eigenvalue weighted by atomic mass is 16.6. The highest BCUT2D eigenvalue weighted by Crippen LogP contribution is 2.32. The van der Waals surface area contributed by atoms with Gasteiger partial charge in [0.1, 0.15) is 12.3 Å². The van der Waals surface area contributed by atoms with Gasteiger partial charge in [-0.3, -0.25) is 10.1 Å². The zero-order valence-electron chi connectivity index (χ0n) is 9.58. The molecule has 2 aromatic carbocycles. The first-order chi connectivity index (χ1) is 8.68. The van der Waals surface area contributed by atoms with E-state index in [9.17, 15) is 10.1 Å². The van der Waals surface area contributed by atoms with Gasteiger partial charge in [-0.2, -0.15) is 0 Å². The maximum absolute atomic E-state index is 10.9. The molecule has 0 aromatic heterocycles. The molecule has 2 aromatic rings. The molecule has 2 rings (SSSR count). The monoisotopic (exact) mass is 244 g/mol. The van der Waals surface area contributed by atoms with Gasteiger partial charge >= 0.3 is 5.69 Å². The Morgan fingerprint density at radius 2 is 1.83 bits per heavy atom. The second-order valence-electron chi connectivity index (χ2n) is 3.73. The minimum atomic E-state index is -0.532. The predicted molar refractivity (Wildman–Crippen MR) is 68.3 cm³/mol. The molecule has 0 aliphatic heterocycles. The summed E-state index contributed by atoms with van der Waals surface area (Å²) in [5.41, 5.74) is 6.42. The second kappa shape index (κ2) is 5.18. The number of hydrogen-bond donors (Lipinski definition) is 1. The fraction of sp³-hybridized carbons (Fsp3) is 0.0769. The summed E-state index contributed by atoms with van der Waals surface area (Å²) in [6.07, 6.45) is 0. The number of hydrogen-bond acceptors (Lipinski definition) is 4. The summed E-state index contributed by atoms with van der Waals surface area (Å²) in [4.78, 5) is 10.4. The van der Waals surface area contributed by atoms with Crippen LogP contribution < -0.4 is 10.5 Å². The summed E-state index contributed by atoms with van der Waals surface area (Å²) < 4.78 is 5.44. The Balaban J connectivity index is 2.20. The summed E-state index contributed by atoms with van der Waals surface area (Å²) >= 11 is 0. The van der Waals surface area contributed by atoms with Crippen molar-refractivity contribution in [2.45, 2.75) is 6.61 Å². The van der Waals surface area contributed by atoms with Gasteiger partial charge in [-0.1, -0.05) is 36.4 Å². The largest absolute Gasteiger partial charge is 0.482 e. The van der Waals surface area contributed by atoms with Gasteiger partial charge in [0, 0.05) is 0 Å². The molecule has 0 atom stereocenters. The molecule has 0 radical (unpaired) electrons. The van der Waals surface area contributed by atoms with Crippen molar-refractivity contribution in [3.05, 3.63) is 64.2 Å². The molecule has 0 fully saturated rings. The van der Waals surface area contributed by atoms with Crippen molar-refractivity contribution in [3.8, 4) is 5.75 Å². The number of rotatable bonds is 4. The number of nitro groups is 1. The van der Waals surface area contributed by atoms with E-state index in [2.05, 4.69) is 0 Å². The Morgan fingerprint density at radius 1 is 1.11 bits per heavy atom. The van der Waals surface area contributed by atoms with Crippen LogP contribution in [-0.4, -0.2) is 4.92 Å². The lowest BCUT2D eigenvalue weighted by Gasteiger charge is -2.07. The molecule has 92 valence electrons. The van der Waals surface area contributed by atoms with Crippen molar-refractivity contribution in [1.29, 1.82) is 0 Å². The second-order valence-corrected chi connectivity index (χ2v) is 3.73. The minimum Gasteiger partial charge on any atom is -0.482 e. The van der Waals surface area contributed by atoms with E-state index in [1.54, 1.807) is 6.07 Å². The van der Waals surface area contributed by atoms with Gasteiger partial charge in [-0.15, -0.1) is 0 Å². The normalized spacial score (nSPS) is 10.0. The van der Waals surface area contributed by atoms with Crippen LogP contribution >= 0.6 is 0 Å². The van der Waals surface area contributed by atoms with Crippen LogP contribution in [0.3, 0.4) is 0 Å². The number of nitro benzene ring substituents is 1. The topological polar surface area (TPSA) is 78.4 Å². The first-order valence-electron chi connectivity index (χ1n) is 5.38. The first-order valence-corrected chi connectivity index (χ1v) is 5.38. The minimum absolute atomic E-state index is 0.102. The number of anilines is 1. The third-order valence-electron chi connectivity index (χ3n) is 2.45. The Hall–Kier alpha value is -2.56. The van der Waals surface area contributed by atoms with Gasteiger partial charge in [0.25, 0.3) is 0 Å². The lowest BCUT2D eigenvalue weighted by Crippen LogP contribution is -2.01. The molecule has 0 aliphatic carbocycles. The molecule has 0 aliphatic rings. The zero-order chi connectivity index (χ0) is 13.0. The van der Waals surface area contributed by atoms with Crippen molar-refractivity contribution >= 4 is 11.4 Å². The molecule has 0 saturated carbocycles. The summed E-state index contributed by atoms with van der Waals surface area (Å²) in [7, 11) is 0. The molecule has 5 heteroatoms. The molecule has 2 N–H and O–H groups in total. The Kier molecular flexibility index (Phi) is 3.43. The van der Waals surface area contributed by atoms with Crippen LogP contribution in [0.4, 0.5) is 11.4 Å². The van der Waals surface area contributed by atoms with E-state index in [-0.39, 0.29) is 23.7 Å². The van der Waals surface area contributed by atoms with Gasteiger partial charge in [0.2, 0.25) is 0 Å². The summed E-state index contributed by atoms with van der Waals surface area (Å²) in [6.45, 7) is 0.269. The van der Waals surface area contributed by atoms with E-state index in [1.807, 2.05) is 30.3 Å². The molecule has 0 saturated heterocycles. The first kappa shape index (κ1) is 11.9. The predicted octanol–water partition coefficient (Wildman–Crippen LogP) is 2.76. The van der Waals surface area contributed by atoms with E-state index in [1.165, 1.54) is 12.1 Å². The standard InChI is InChI=1S/C13H12N2O3/c14-11-7-4-8-12(13(11)15(16)17)18-9-10-5-2-1-3-6-10/h1-8H,9,14H2. The number of para-hydroxylation sites is 1. The van der Waals surface area contributed by atoms with Crippen molar-refractivity contribution < 1.29 is 9.66 Å². The number of ether oxygens (including phenoxy) is 1. The molecule has 0 amide bonds. The van der Waals surface area contributed by atoms with Crippen LogP contribution in [0.5, 0.6) is 5.75 Å². The Morgan fingerprint density at radius 3 is 2.50 bits per heavy atom. The third-order valence-corrected chi connectivity index (χ3v) is 2.45. The highest BCUT2D eigenvalue weighted by Gasteiger charge is 2.18. The molecule has 0 unspecified atom stereocenters. The fourth-order valence-corrected chi connectivity index (χ4v) is 1.59. The Labute approximate surface area is 104 Å². The molecule has 18 heavy (non-hydrogen) atoms. The van der Waals surface area contributed by atoms with E-state index >= 15 is 0 Å². The molecule has 0 spiro atoms. The van der Waals surface area contributed by atoms with Gasteiger partial charge in [0.15, 0.2) is 5.75 Å². The van der Waals surface area contributed by atoms with Crippen LogP contribution in [0.1, 0.15) is 5.56 Å². The van der Waals surface area contributed by atoms with Crippen LogP contribution in [-0.2, 0) is 6.61 Å². The lowest BCUT2D eigenvalue weighted by molar-refractivity contribution is -0.385. The average molecular weight is 244 g/mol. The number of benzene rings is 2. The summed E-state index contributed by atoms with van der Waals surface area (Å²) in [5, 5.41) is 10.9. The van der Waals surface area contributed by atoms with E-state index in [4.69, 9.17) is 10.5 Å². The molecule has 0 bridgehead atoms. The quantitative estimate of drug-likeness (QED) is 0.509. The summed E-state index contributed by atoms with van der Waals surface area (Å²) in [5.74, 6) is 0.184. The molecular weight excluding hydrogens is 232 g/mol. The van der Waals surface area contributed by atoms with Crippen molar-refractivity contribution in [3.63, 3.8) is 0 Å². The fourth-order valence-electron chi connectivity index (χ4n) is 1.59. The van der Waals surface area contributed by atoms with Gasteiger partial charge < -0.3 is 10.5 Å². The third kappa shape index (κ3) is 2.57. The van der Waals surface area contributed by atoms with Crippen LogP contribution in [0.2, 0.25) is 0 Å². The van der Waals surface area contributed by atoms with Crippen molar-refractivity contribution in [2.24, 2.45) is 0 Å². The van der Waals surface area contributed by atoms with E-state index in [0.29, 0.717) is 0 Å². The molecule has 0 heterocycles. The van der Waals surface area contributed by atoms with E-state index in [0.717, 1.165) is 5.56 Å². The van der Waals surface area contributed by atoms with Crippen LogP contribution in [0, 0.1) is 10.1 Å². The van der Waals surface area contributed by atoms with Crippen LogP contribution in [0.15, 0.2) is 48.5 Å². The number of nitrogens with zero attached hydrogens (tertiary/aromatic N) is 1. The maximum Gasteiger partial charge on any atom is 0.333 e. The smallest absolute Gasteiger partial charge is 0.333 e. The van der Waals surface area contributed by atoms with Gasteiger partial charge in [0.05, 0.1) is 4.92 Å². The average Bonchev–Trinajstić information content (AvgIpc) is 2.37. The number of nitrogen functional groups attached to an aromatic ring is 1. The van der Waals surface area contributed by atoms with Crippen molar-refractivity contribution in [2.75, 3.05) is 5.73 Å². The highest BCUT2D eigenvalue weighted by molar-refractivity contribution is 5.65. The zero-order valence-corrected chi connectivity index (χ0v) is 9.58. The van der Waals surface area contributed by atoms with E-state index < -0.39 is 4.92 Å².